The average molecular weight is 337 g/mol. The van der Waals surface area contributed by atoms with E-state index >= 15 is 0 Å². The maximum absolute atomic E-state index is 11.0. The van der Waals surface area contributed by atoms with Gasteiger partial charge >= 0.3 is 0 Å². The van der Waals surface area contributed by atoms with E-state index < -0.39 is 5.91 Å². The lowest BCUT2D eigenvalue weighted by molar-refractivity contribution is 0.100. The van der Waals surface area contributed by atoms with E-state index in [0.29, 0.717) is 11.3 Å². The van der Waals surface area contributed by atoms with Gasteiger partial charge in [0.2, 0.25) is 5.91 Å². The standard InChI is InChI=1S/C14H13BrN2OS/c15-11-2-1-3-12(7-11)19-8-10-5-4-9(14(17)18)6-13(10)16/h1-7H,8,16H2,(H2,17,18). The first kappa shape index (κ1) is 14.0. The zero-order valence-corrected chi connectivity index (χ0v) is 12.5. The van der Waals surface area contributed by atoms with Gasteiger partial charge in [-0.3, -0.25) is 4.79 Å². The molecular formula is C14H13BrN2OS. The summed E-state index contributed by atoms with van der Waals surface area (Å²) in [5.74, 6) is 0.291. The second-order valence-electron chi connectivity index (χ2n) is 4.02. The molecule has 0 fully saturated rings. The van der Waals surface area contributed by atoms with Crippen molar-refractivity contribution in [3.63, 3.8) is 0 Å². The van der Waals surface area contributed by atoms with Crippen LogP contribution in [-0.2, 0) is 5.75 Å². The van der Waals surface area contributed by atoms with Crippen LogP contribution in [0.1, 0.15) is 15.9 Å². The van der Waals surface area contributed by atoms with Gasteiger partial charge < -0.3 is 11.5 Å². The largest absolute Gasteiger partial charge is 0.398 e. The summed E-state index contributed by atoms with van der Waals surface area (Å²) in [6.45, 7) is 0. The van der Waals surface area contributed by atoms with Gasteiger partial charge in [-0.25, -0.2) is 0 Å². The third kappa shape index (κ3) is 3.75. The summed E-state index contributed by atoms with van der Waals surface area (Å²) in [5.41, 5.74) is 13.2. The second-order valence-corrected chi connectivity index (χ2v) is 5.99. The van der Waals surface area contributed by atoms with Gasteiger partial charge in [0.15, 0.2) is 0 Å². The highest BCUT2D eigenvalue weighted by Gasteiger charge is 2.05. The highest BCUT2D eigenvalue weighted by molar-refractivity contribution is 9.10. The predicted octanol–water partition coefficient (Wildman–Crippen LogP) is 3.42. The Morgan fingerprint density at radius 3 is 2.63 bits per heavy atom. The molecule has 0 aliphatic heterocycles. The Balaban J connectivity index is 2.10. The van der Waals surface area contributed by atoms with Gasteiger partial charge in [-0.15, -0.1) is 11.8 Å². The van der Waals surface area contributed by atoms with Crippen LogP contribution in [0.15, 0.2) is 51.8 Å². The fourth-order valence-electron chi connectivity index (χ4n) is 1.60. The molecule has 98 valence electrons. The van der Waals surface area contributed by atoms with Crippen molar-refractivity contribution < 1.29 is 4.79 Å². The van der Waals surface area contributed by atoms with Gasteiger partial charge in [-0.1, -0.05) is 28.1 Å². The molecule has 0 atom stereocenters. The van der Waals surface area contributed by atoms with Crippen molar-refractivity contribution in [2.75, 3.05) is 5.73 Å². The number of amides is 1. The molecule has 5 heteroatoms. The Morgan fingerprint density at radius 2 is 2.00 bits per heavy atom. The molecule has 2 aromatic rings. The van der Waals surface area contributed by atoms with Crippen LogP contribution in [0.25, 0.3) is 0 Å². The van der Waals surface area contributed by atoms with Gasteiger partial charge in [-0.2, -0.15) is 0 Å². The fraction of sp³-hybridized carbons (Fsp3) is 0.0714. The van der Waals surface area contributed by atoms with Gasteiger partial charge in [0, 0.05) is 26.4 Å². The molecule has 1 amide bonds. The van der Waals surface area contributed by atoms with Crippen LogP contribution in [0.2, 0.25) is 0 Å². The van der Waals surface area contributed by atoms with E-state index in [1.165, 1.54) is 0 Å². The number of hydrogen-bond donors (Lipinski definition) is 2. The molecule has 3 nitrogen and oxygen atoms in total. The fourth-order valence-corrected chi connectivity index (χ4v) is 3.12. The van der Waals surface area contributed by atoms with Crippen LogP contribution in [0, 0.1) is 0 Å². The number of rotatable bonds is 4. The molecular weight excluding hydrogens is 324 g/mol. The van der Waals surface area contributed by atoms with Crippen LogP contribution in [0.3, 0.4) is 0 Å². The molecule has 19 heavy (non-hydrogen) atoms. The summed E-state index contributed by atoms with van der Waals surface area (Å²) in [6.07, 6.45) is 0. The first-order chi connectivity index (χ1) is 9.06. The Hall–Kier alpha value is -1.46. The number of nitrogen functional groups attached to an aromatic ring is 1. The molecule has 0 saturated carbocycles. The molecule has 0 bridgehead atoms. The van der Waals surface area contributed by atoms with E-state index in [2.05, 4.69) is 22.0 Å². The lowest BCUT2D eigenvalue weighted by atomic mass is 10.1. The number of primary amides is 1. The number of carbonyl (C=O) groups excluding carboxylic acids is 1. The minimum absolute atomic E-state index is 0.439. The van der Waals surface area contributed by atoms with E-state index in [4.69, 9.17) is 11.5 Å². The maximum atomic E-state index is 11.0. The highest BCUT2D eigenvalue weighted by atomic mass is 79.9. The van der Waals surface area contributed by atoms with Crippen LogP contribution in [-0.4, -0.2) is 5.91 Å². The first-order valence-corrected chi connectivity index (χ1v) is 7.40. The van der Waals surface area contributed by atoms with Crippen molar-refractivity contribution in [1.29, 1.82) is 0 Å². The summed E-state index contributed by atoms with van der Waals surface area (Å²) in [6, 6.07) is 13.3. The summed E-state index contributed by atoms with van der Waals surface area (Å²) in [4.78, 5) is 12.2. The van der Waals surface area contributed by atoms with Crippen molar-refractivity contribution in [2.45, 2.75) is 10.6 Å². The Labute approximate surface area is 124 Å². The normalized spacial score (nSPS) is 10.4. The summed E-state index contributed by atoms with van der Waals surface area (Å²) >= 11 is 5.13. The minimum Gasteiger partial charge on any atom is -0.398 e. The molecule has 0 spiro atoms. The molecule has 0 heterocycles. The predicted molar refractivity (Wildman–Crippen MR) is 83.1 cm³/mol. The second kappa shape index (κ2) is 6.12. The number of nitrogens with two attached hydrogens (primary N) is 2. The molecule has 0 unspecified atom stereocenters. The molecule has 0 aliphatic carbocycles. The van der Waals surface area contributed by atoms with Crippen LogP contribution >= 0.6 is 27.7 Å². The molecule has 4 N–H and O–H groups in total. The van der Waals surface area contributed by atoms with Crippen molar-refractivity contribution in [1.82, 2.24) is 0 Å². The molecule has 0 aliphatic rings. The number of hydrogen-bond acceptors (Lipinski definition) is 3. The van der Waals surface area contributed by atoms with Gasteiger partial charge in [0.05, 0.1) is 0 Å². The SMILES string of the molecule is NC(=O)c1ccc(CSc2cccc(Br)c2)c(N)c1. The summed E-state index contributed by atoms with van der Waals surface area (Å²) in [5, 5.41) is 0. The van der Waals surface area contributed by atoms with Crippen molar-refractivity contribution >= 4 is 39.3 Å². The maximum Gasteiger partial charge on any atom is 0.248 e. The Bertz CT molecular complexity index is 616. The zero-order chi connectivity index (χ0) is 13.8. The number of halogens is 1. The summed E-state index contributed by atoms with van der Waals surface area (Å²) < 4.78 is 1.05. The van der Waals surface area contributed by atoms with Crippen molar-refractivity contribution in [3.8, 4) is 0 Å². The van der Waals surface area contributed by atoms with E-state index in [9.17, 15) is 4.79 Å². The Kier molecular flexibility index (Phi) is 4.50. The molecule has 2 aromatic carbocycles. The molecule has 0 radical (unpaired) electrons. The third-order valence-electron chi connectivity index (χ3n) is 2.62. The van der Waals surface area contributed by atoms with E-state index in [1.807, 2.05) is 24.3 Å². The van der Waals surface area contributed by atoms with Crippen LogP contribution < -0.4 is 11.5 Å². The smallest absolute Gasteiger partial charge is 0.248 e. The van der Waals surface area contributed by atoms with E-state index in [-0.39, 0.29) is 0 Å². The molecule has 0 saturated heterocycles. The van der Waals surface area contributed by atoms with Gasteiger partial charge in [0.1, 0.15) is 0 Å². The van der Waals surface area contributed by atoms with Crippen LogP contribution in [0.5, 0.6) is 0 Å². The minimum atomic E-state index is -0.460. The van der Waals surface area contributed by atoms with Crippen LogP contribution in [0.4, 0.5) is 5.69 Å². The highest BCUT2D eigenvalue weighted by Crippen LogP contribution is 2.27. The third-order valence-corrected chi connectivity index (χ3v) is 4.16. The topological polar surface area (TPSA) is 69.1 Å². The van der Waals surface area contributed by atoms with E-state index in [1.54, 1.807) is 23.9 Å². The first-order valence-electron chi connectivity index (χ1n) is 5.63. The van der Waals surface area contributed by atoms with E-state index in [0.717, 1.165) is 20.7 Å². The zero-order valence-electron chi connectivity index (χ0n) is 10.1. The van der Waals surface area contributed by atoms with Gasteiger partial charge in [-0.05, 0) is 35.9 Å². The quantitative estimate of drug-likeness (QED) is 0.663. The molecule has 2 rings (SSSR count). The van der Waals surface area contributed by atoms with Crippen molar-refractivity contribution in [2.24, 2.45) is 5.73 Å². The number of benzene rings is 2. The number of anilines is 1. The number of thioether (sulfide) groups is 1. The molecule has 0 aromatic heterocycles. The number of carbonyl (C=O) groups is 1. The lowest BCUT2D eigenvalue weighted by Crippen LogP contribution is -2.11. The Morgan fingerprint density at radius 1 is 1.21 bits per heavy atom. The van der Waals surface area contributed by atoms with Crippen molar-refractivity contribution in [3.05, 3.63) is 58.1 Å². The lowest BCUT2D eigenvalue weighted by Gasteiger charge is -2.07. The monoisotopic (exact) mass is 336 g/mol. The summed E-state index contributed by atoms with van der Waals surface area (Å²) in [7, 11) is 0. The van der Waals surface area contributed by atoms with Gasteiger partial charge in [0.25, 0.3) is 0 Å². The average Bonchev–Trinajstić information content (AvgIpc) is 2.37.